The maximum Gasteiger partial charge on any atom is 0.260 e. The topological polar surface area (TPSA) is 113 Å². The molecule has 8 heteroatoms. The Labute approximate surface area is 110 Å². The Morgan fingerprint density at radius 1 is 1.58 bits per heavy atom. The number of aromatic amines is 1. The number of ether oxygens (including phenoxy) is 1. The van der Waals surface area contributed by atoms with E-state index < -0.39 is 6.04 Å². The summed E-state index contributed by atoms with van der Waals surface area (Å²) in [6.45, 7) is 2.64. The Hall–Kier alpha value is -2.09. The second-order valence-electron chi connectivity index (χ2n) is 4.31. The third-order valence-corrected chi connectivity index (χ3v) is 3.13. The molecule has 4 N–H and O–H groups in total. The number of nitrogen functional groups attached to an aromatic ring is 1. The molecule has 0 bridgehead atoms. The van der Waals surface area contributed by atoms with Gasteiger partial charge in [-0.2, -0.15) is 5.10 Å². The van der Waals surface area contributed by atoms with Gasteiger partial charge in [0.15, 0.2) is 5.82 Å². The molecule has 104 valence electrons. The van der Waals surface area contributed by atoms with Crippen LogP contribution in [-0.4, -0.2) is 59.8 Å². The minimum Gasteiger partial charge on any atom is -0.382 e. The number of nitrogens with one attached hydrogen (secondary N) is 2. The van der Waals surface area contributed by atoms with Crippen molar-refractivity contribution in [2.75, 3.05) is 32.5 Å². The molecule has 2 heterocycles. The van der Waals surface area contributed by atoms with Crippen molar-refractivity contribution in [1.29, 1.82) is 0 Å². The summed E-state index contributed by atoms with van der Waals surface area (Å²) in [5, 5.41) is 8.98. The van der Waals surface area contributed by atoms with Crippen LogP contribution in [0.2, 0.25) is 0 Å². The SMILES string of the molecule is CNC(=O)C1COCCN1C(=O)c1c(N)n[nH]c1C. The Kier molecular flexibility index (Phi) is 3.70. The number of nitrogens with zero attached hydrogens (tertiary/aromatic N) is 2. The Morgan fingerprint density at radius 3 is 2.89 bits per heavy atom. The van der Waals surface area contributed by atoms with Crippen molar-refractivity contribution in [3.05, 3.63) is 11.3 Å². The summed E-state index contributed by atoms with van der Waals surface area (Å²) in [5.41, 5.74) is 6.58. The molecule has 0 radical (unpaired) electrons. The lowest BCUT2D eigenvalue weighted by Gasteiger charge is -2.34. The van der Waals surface area contributed by atoms with Crippen LogP contribution in [0, 0.1) is 6.92 Å². The van der Waals surface area contributed by atoms with E-state index in [-0.39, 0.29) is 24.2 Å². The van der Waals surface area contributed by atoms with Crippen molar-refractivity contribution in [1.82, 2.24) is 20.4 Å². The van der Waals surface area contributed by atoms with Gasteiger partial charge in [-0.1, -0.05) is 0 Å². The van der Waals surface area contributed by atoms with E-state index in [1.54, 1.807) is 6.92 Å². The summed E-state index contributed by atoms with van der Waals surface area (Å²) in [7, 11) is 1.52. The van der Waals surface area contributed by atoms with Crippen molar-refractivity contribution >= 4 is 17.6 Å². The normalized spacial score (nSPS) is 19.3. The average molecular weight is 267 g/mol. The van der Waals surface area contributed by atoms with E-state index in [9.17, 15) is 9.59 Å². The first kappa shape index (κ1) is 13.3. The lowest BCUT2D eigenvalue weighted by atomic mass is 10.1. The fourth-order valence-corrected chi connectivity index (χ4v) is 2.09. The molecule has 1 aliphatic rings. The molecule has 2 rings (SSSR count). The number of rotatable bonds is 2. The van der Waals surface area contributed by atoms with E-state index in [0.29, 0.717) is 24.4 Å². The van der Waals surface area contributed by atoms with Gasteiger partial charge in [0.05, 0.1) is 13.2 Å². The number of H-pyrrole nitrogens is 1. The summed E-state index contributed by atoms with van der Waals surface area (Å²) < 4.78 is 5.25. The Bertz CT molecular complexity index is 479. The van der Waals surface area contributed by atoms with E-state index in [4.69, 9.17) is 10.5 Å². The van der Waals surface area contributed by atoms with E-state index in [2.05, 4.69) is 15.5 Å². The number of carbonyl (C=O) groups is 2. The highest BCUT2D eigenvalue weighted by molar-refractivity contribution is 6.01. The largest absolute Gasteiger partial charge is 0.382 e. The molecule has 1 atom stereocenters. The molecule has 8 nitrogen and oxygen atoms in total. The lowest BCUT2D eigenvalue weighted by molar-refractivity contribution is -0.130. The number of morpholine rings is 1. The molecule has 0 aromatic carbocycles. The number of amides is 2. The molecule has 1 aromatic heterocycles. The number of nitrogens with two attached hydrogens (primary N) is 1. The molecule has 0 spiro atoms. The summed E-state index contributed by atoms with van der Waals surface area (Å²) >= 11 is 0. The van der Waals surface area contributed by atoms with Crippen molar-refractivity contribution < 1.29 is 14.3 Å². The summed E-state index contributed by atoms with van der Waals surface area (Å²) in [4.78, 5) is 25.7. The quantitative estimate of drug-likeness (QED) is 0.628. The van der Waals surface area contributed by atoms with Crippen LogP contribution in [0.4, 0.5) is 5.82 Å². The number of likely N-dealkylation sites (N-methyl/N-ethyl adjacent to an activating group) is 1. The summed E-state index contributed by atoms with van der Waals surface area (Å²) in [6.07, 6.45) is 0. The maximum atomic E-state index is 12.5. The predicted octanol–water partition coefficient (Wildman–Crippen LogP) is -1.11. The predicted molar refractivity (Wildman–Crippen MR) is 67.4 cm³/mol. The Morgan fingerprint density at radius 2 is 2.32 bits per heavy atom. The number of hydrogen-bond donors (Lipinski definition) is 3. The van der Waals surface area contributed by atoms with Gasteiger partial charge in [-0.3, -0.25) is 14.7 Å². The average Bonchev–Trinajstić information content (AvgIpc) is 2.76. The number of aromatic nitrogens is 2. The van der Waals surface area contributed by atoms with Gasteiger partial charge in [-0.15, -0.1) is 0 Å². The molecule has 1 aliphatic heterocycles. The summed E-state index contributed by atoms with van der Waals surface area (Å²) in [5.74, 6) is -0.418. The van der Waals surface area contributed by atoms with Crippen molar-refractivity contribution in [2.24, 2.45) is 0 Å². The highest BCUT2D eigenvalue weighted by atomic mass is 16.5. The van der Waals surface area contributed by atoms with Gasteiger partial charge in [-0.05, 0) is 6.92 Å². The van der Waals surface area contributed by atoms with Crippen LogP contribution < -0.4 is 11.1 Å². The van der Waals surface area contributed by atoms with Gasteiger partial charge in [0.1, 0.15) is 11.6 Å². The van der Waals surface area contributed by atoms with Gasteiger partial charge in [0.2, 0.25) is 5.91 Å². The first-order chi connectivity index (χ1) is 9.06. The molecule has 0 aliphatic carbocycles. The van der Waals surface area contributed by atoms with Crippen LogP contribution in [-0.2, 0) is 9.53 Å². The number of aryl methyl sites for hydroxylation is 1. The minimum atomic E-state index is -0.639. The van der Waals surface area contributed by atoms with Crippen LogP contribution in [0.15, 0.2) is 0 Å². The van der Waals surface area contributed by atoms with Crippen LogP contribution in [0.1, 0.15) is 16.1 Å². The number of hydrogen-bond acceptors (Lipinski definition) is 5. The first-order valence-electron chi connectivity index (χ1n) is 5.97. The fourth-order valence-electron chi connectivity index (χ4n) is 2.09. The molecule has 1 saturated heterocycles. The van der Waals surface area contributed by atoms with E-state index >= 15 is 0 Å². The zero-order valence-corrected chi connectivity index (χ0v) is 10.9. The van der Waals surface area contributed by atoms with Crippen LogP contribution in [0.5, 0.6) is 0 Å². The Balaban J connectivity index is 2.28. The van der Waals surface area contributed by atoms with E-state index in [1.165, 1.54) is 11.9 Å². The van der Waals surface area contributed by atoms with E-state index in [0.717, 1.165) is 0 Å². The molecule has 0 saturated carbocycles. The monoisotopic (exact) mass is 267 g/mol. The number of carbonyl (C=O) groups excluding carboxylic acids is 2. The number of anilines is 1. The van der Waals surface area contributed by atoms with Gasteiger partial charge in [0, 0.05) is 19.3 Å². The van der Waals surface area contributed by atoms with Crippen LogP contribution >= 0.6 is 0 Å². The van der Waals surface area contributed by atoms with Gasteiger partial charge >= 0.3 is 0 Å². The molecule has 1 fully saturated rings. The minimum absolute atomic E-state index is 0.143. The van der Waals surface area contributed by atoms with Gasteiger partial charge in [0.25, 0.3) is 5.91 Å². The fraction of sp³-hybridized carbons (Fsp3) is 0.545. The van der Waals surface area contributed by atoms with Crippen LogP contribution in [0.3, 0.4) is 0 Å². The third kappa shape index (κ3) is 2.39. The second-order valence-corrected chi connectivity index (χ2v) is 4.31. The first-order valence-corrected chi connectivity index (χ1v) is 5.97. The smallest absolute Gasteiger partial charge is 0.260 e. The lowest BCUT2D eigenvalue weighted by Crippen LogP contribution is -2.55. The summed E-state index contributed by atoms with van der Waals surface area (Å²) in [6, 6.07) is -0.639. The van der Waals surface area contributed by atoms with Gasteiger partial charge < -0.3 is 20.7 Å². The highest BCUT2D eigenvalue weighted by Gasteiger charge is 2.34. The van der Waals surface area contributed by atoms with Crippen molar-refractivity contribution in [3.63, 3.8) is 0 Å². The standard InChI is InChI=1S/C11H17N5O3/c1-6-8(9(12)15-14-6)11(18)16-3-4-19-5-7(16)10(17)13-2/h7H,3-5H2,1-2H3,(H,13,17)(H3,12,14,15). The van der Waals surface area contributed by atoms with E-state index in [1.807, 2.05) is 0 Å². The molecular weight excluding hydrogens is 250 g/mol. The molecule has 1 unspecified atom stereocenters. The van der Waals surface area contributed by atoms with Crippen LogP contribution in [0.25, 0.3) is 0 Å². The molecular formula is C11H17N5O3. The molecule has 19 heavy (non-hydrogen) atoms. The van der Waals surface area contributed by atoms with Crippen molar-refractivity contribution in [2.45, 2.75) is 13.0 Å². The van der Waals surface area contributed by atoms with Gasteiger partial charge in [-0.25, -0.2) is 0 Å². The zero-order chi connectivity index (χ0) is 14.0. The second kappa shape index (κ2) is 5.27. The highest BCUT2D eigenvalue weighted by Crippen LogP contribution is 2.18. The third-order valence-electron chi connectivity index (χ3n) is 3.13. The molecule has 1 aromatic rings. The van der Waals surface area contributed by atoms with Crippen molar-refractivity contribution in [3.8, 4) is 0 Å². The molecule has 2 amide bonds. The maximum absolute atomic E-state index is 12.5. The zero-order valence-electron chi connectivity index (χ0n) is 10.9.